The zero-order chi connectivity index (χ0) is 20.4. The van der Waals surface area contributed by atoms with Gasteiger partial charge in [0, 0.05) is 25.2 Å². The third-order valence-corrected chi connectivity index (χ3v) is 5.79. The van der Waals surface area contributed by atoms with E-state index in [0.717, 1.165) is 29.5 Å². The number of benzene rings is 2. The SMILES string of the molecule is Cc1ccccc1CNC(=O)c1ccc(CN2CC(=O)N3CCCC3C2=O)cc1. The minimum absolute atomic E-state index is 0.0271. The van der Waals surface area contributed by atoms with E-state index >= 15 is 0 Å². The van der Waals surface area contributed by atoms with Gasteiger partial charge >= 0.3 is 0 Å². The molecule has 1 N–H and O–H groups in total. The molecule has 0 aromatic heterocycles. The van der Waals surface area contributed by atoms with Crippen LogP contribution in [0.5, 0.6) is 0 Å². The lowest BCUT2D eigenvalue weighted by atomic mass is 10.1. The van der Waals surface area contributed by atoms with Gasteiger partial charge in [0.1, 0.15) is 12.6 Å². The number of nitrogens with zero attached hydrogens (tertiary/aromatic N) is 2. The molecule has 0 saturated carbocycles. The number of hydrogen-bond donors (Lipinski definition) is 1. The maximum absolute atomic E-state index is 12.6. The van der Waals surface area contributed by atoms with Gasteiger partial charge in [-0.15, -0.1) is 0 Å². The van der Waals surface area contributed by atoms with Crippen molar-refractivity contribution in [3.8, 4) is 0 Å². The molecule has 2 aromatic rings. The van der Waals surface area contributed by atoms with Crippen molar-refractivity contribution in [1.29, 1.82) is 0 Å². The van der Waals surface area contributed by atoms with Crippen molar-refractivity contribution >= 4 is 17.7 Å². The Kier molecular flexibility index (Phi) is 5.34. The standard InChI is InChI=1S/C23H25N3O3/c1-16-5-2-3-6-19(16)13-24-22(28)18-10-8-17(9-11-18)14-25-15-21(27)26-12-4-7-20(26)23(25)29/h2-3,5-6,8-11,20H,4,7,12-15H2,1H3,(H,24,28). The average molecular weight is 391 g/mol. The molecule has 2 aliphatic heterocycles. The van der Waals surface area contributed by atoms with Crippen LogP contribution in [0.15, 0.2) is 48.5 Å². The van der Waals surface area contributed by atoms with Gasteiger partial charge in [0.25, 0.3) is 5.91 Å². The Morgan fingerprint density at radius 1 is 1.10 bits per heavy atom. The highest BCUT2D eigenvalue weighted by atomic mass is 16.2. The number of fused-ring (bicyclic) bond motifs is 1. The van der Waals surface area contributed by atoms with Gasteiger partial charge in [0.05, 0.1) is 0 Å². The molecule has 0 radical (unpaired) electrons. The van der Waals surface area contributed by atoms with Crippen LogP contribution in [0.25, 0.3) is 0 Å². The smallest absolute Gasteiger partial charge is 0.251 e. The van der Waals surface area contributed by atoms with Crippen LogP contribution in [-0.2, 0) is 22.7 Å². The van der Waals surface area contributed by atoms with Crippen LogP contribution in [0.1, 0.15) is 39.9 Å². The highest BCUT2D eigenvalue weighted by molar-refractivity contribution is 5.95. The first kappa shape index (κ1) is 19.2. The molecular weight excluding hydrogens is 366 g/mol. The van der Waals surface area contributed by atoms with Crippen molar-refractivity contribution in [3.63, 3.8) is 0 Å². The van der Waals surface area contributed by atoms with Gasteiger partial charge in [0.15, 0.2) is 0 Å². The molecule has 6 nitrogen and oxygen atoms in total. The lowest BCUT2D eigenvalue weighted by Crippen LogP contribution is -2.56. The molecule has 2 aromatic carbocycles. The van der Waals surface area contributed by atoms with Crippen LogP contribution < -0.4 is 5.32 Å². The number of carbonyl (C=O) groups excluding carboxylic acids is 3. The van der Waals surface area contributed by atoms with Gasteiger partial charge in [0.2, 0.25) is 11.8 Å². The summed E-state index contributed by atoms with van der Waals surface area (Å²) in [4.78, 5) is 40.7. The van der Waals surface area contributed by atoms with Crippen molar-refractivity contribution in [2.75, 3.05) is 13.1 Å². The summed E-state index contributed by atoms with van der Waals surface area (Å²) in [5.74, 6) is -0.0768. The molecule has 2 saturated heterocycles. The summed E-state index contributed by atoms with van der Waals surface area (Å²) < 4.78 is 0. The molecule has 1 atom stereocenters. The predicted octanol–water partition coefficient (Wildman–Crippen LogP) is 2.26. The van der Waals surface area contributed by atoms with Crippen LogP contribution >= 0.6 is 0 Å². The van der Waals surface area contributed by atoms with Gasteiger partial charge in [-0.05, 0) is 48.6 Å². The minimum atomic E-state index is -0.289. The summed E-state index contributed by atoms with van der Waals surface area (Å²) in [6.07, 6.45) is 1.64. The van der Waals surface area contributed by atoms with Gasteiger partial charge in [-0.2, -0.15) is 0 Å². The molecule has 4 rings (SSSR count). The fraction of sp³-hybridized carbons (Fsp3) is 0.348. The van der Waals surface area contributed by atoms with Gasteiger partial charge < -0.3 is 15.1 Å². The fourth-order valence-corrected chi connectivity index (χ4v) is 4.07. The number of aryl methyl sites for hydroxylation is 1. The largest absolute Gasteiger partial charge is 0.348 e. The van der Waals surface area contributed by atoms with E-state index in [1.165, 1.54) is 0 Å². The first-order valence-electron chi connectivity index (χ1n) is 10.0. The van der Waals surface area contributed by atoms with Crippen LogP contribution in [0.3, 0.4) is 0 Å². The van der Waals surface area contributed by atoms with Crippen LogP contribution in [-0.4, -0.2) is 46.7 Å². The molecule has 3 amide bonds. The third kappa shape index (κ3) is 4.01. The average Bonchev–Trinajstić information content (AvgIpc) is 3.22. The number of rotatable bonds is 5. The number of nitrogens with one attached hydrogen (secondary N) is 1. The quantitative estimate of drug-likeness (QED) is 0.850. The van der Waals surface area contributed by atoms with Gasteiger partial charge in [-0.1, -0.05) is 36.4 Å². The van der Waals surface area contributed by atoms with Crippen LogP contribution in [0, 0.1) is 6.92 Å². The normalized spacial score (nSPS) is 18.7. The molecule has 29 heavy (non-hydrogen) atoms. The van der Waals surface area contributed by atoms with E-state index in [1.807, 2.05) is 43.3 Å². The van der Waals surface area contributed by atoms with E-state index in [4.69, 9.17) is 0 Å². The summed E-state index contributed by atoms with van der Waals surface area (Å²) in [5, 5.41) is 2.94. The van der Waals surface area contributed by atoms with E-state index < -0.39 is 0 Å². The Morgan fingerprint density at radius 2 is 1.86 bits per heavy atom. The highest BCUT2D eigenvalue weighted by Gasteiger charge is 2.41. The number of piperazine rings is 1. The molecule has 0 spiro atoms. The number of amides is 3. The molecule has 2 heterocycles. The third-order valence-electron chi connectivity index (χ3n) is 5.79. The predicted molar refractivity (Wildman–Crippen MR) is 109 cm³/mol. The summed E-state index contributed by atoms with van der Waals surface area (Å²) >= 11 is 0. The molecular formula is C23H25N3O3. The molecule has 0 aliphatic carbocycles. The summed E-state index contributed by atoms with van der Waals surface area (Å²) in [5.41, 5.74) is 3.72. The topological polar surface area (TPSA) is 69.7 Å². The molecule has 6 heteroatoms. The summed E-state index contributed by atoms with van der Waals surface area (Å²) in [7, 11) is 0. The van der Waals surface area contributed by atoms with Crippen molar-refractivity contribution in [2.45, 2.75) is 38.9 Å². The second-order valence-corrected chi connectivity index (χ2v) is 7.75. The van der Waals surface area contributed by atoms with E-state index in [1.54, 1.807) is 21.9 Å². The zero-order valence-corrected chi connectivity index (χ0v) is 16.6. The fourth-order valence-electron chi connectivity index (χ4n) is 4.07. The van der Waals surface area contributed by atoms with Gasteiger partial charge in [-0.3, -0.25) is 14.4 Å². The lowest BCUT2D eigenvalue weighted by Gasteiger charge is -2.36. The number of hydrogen-bond acceptors (Lipinski definition) is 3. The summed E-state index contributed by atoms with van der Waals surface area (Å²) in [6.45, 7) is 3.71. The Bertz CT molecular complexity index is 939. The van der Waals surface area contributed by atoms with E-state index in [2.05, 4.69) is 5.32 Å². The summed E-state index contributed by atoms with van der Waals surface area (Å²) in [6, 6.07) is 14.9. The molecule has 150 valence electrons. The first-order valence-corrected chi connectivity index (χ1v) is 10.0. The van der Waals surface area contributed by atoms with E-state index in [9.17, 15) is 14.4 Å². The highest BCUT2D eigenvalue weighted by Crippen LogP contribution is 2.24. The second-order valence-electron chi connectivity index (χ2n) is 7.75. The second kappa shape index (κ2) is 8.07. The minimum Gasteiger partial charge on any atom is -0.348 e. The maximum atomic E-state index is 12.6. The molecule has 2 aliphatic rings. The Hall–Kier alpha value is -3.15. The van der Waals surface area contributed by atoms with Crippen molar-refractivity contribution in [3.05, 3.63) is 70.8 Å². The Morgan fingerprint density at radius 3 is 2.62 bits per heavy atom. The molecule has 1 unspecified atom stereocenters. The first-order chi connectivity index (χ1) is 14.0. The van der Waals surface area contributed by atoms with Crippen molar-refractivity contribution in [2.24, 2.45) is 0 Å². The zero-order valence-electron chi connectivity index (χ0n) is 16.6. The maximum Gasteiger partial charge on any atom is 0.251 e. The lowest BCUT2D eigenvalue weighted by molar-refractivity contribution is -0.154. The Labute approximate surface area is 170 Å². The Balaban J connectivity index is 1.36. The van der Waals surface area contributed by atoms with Crippen LogP contribution in [0.2, 0.25) is 0 Å². The molecule has 2 fully saturated rings. The molecule has 0 bridgehead atoms. The monoisotopic (exact) mass is 391 g/mol. The number of carbonyl (C=O) groups is 3. The van der Waals surface area contributed by atoms with Crippen molar-refractivity contribution in [1.82, 2.24) is 15.1 Å². The van der Waals surface area contributed by atoms with Gasteiger partial charge in [-0.25, -0.2) is 0 Å². The van der Waals surface area contributed by atoms with Crippen molar-refractivity contribution < 1.29 is 14.4 Å². The van der Waals surface area contributed by atoms with Crippen LogP contribution in [0.4, 0.5) is 0 Å². The van der Waals surface area contributed by atoms with E-state index in [-0.39, 0.29) is 30.3 Å². The van der Waals surface area contributed by atoms with E-state index in [0.29, 0.717) is 25.2 Å².